The maximum atomic E-state index is 11.7. The van der Waals surface area contributed by atoms with Gasteiger partial charge in [-0.1, -0.05) is 13.3 Å². The van der Waals surface area contributed by atoms with Crippen LogP contribution in [-0.2, 0) is 17.9 Å². The van der Waals surface area contributed by atoms with Crippen molar-refractivity contribution in [1.82, 2.24) is 25.1 Å². The second kappa shape index (κ2) is 8.27. The Morgan fingerprint density at radius 1 is 1.36 bits per heavy atom. The predicted molar refractivity (Wildman–Crippen MR) is 93.9 cm³/mol. The second-order valence-electron chi connectivity index (χ2n) is 5.71. The van der Waals surface area contributed by atoms with Gasteiger partial charge in [0.15, 0.2) is 5.65 Å². The maximum Gasteiger partial charge on any atom is 0.220 e. The minimum Gasteiger partial charge on any atom is -0.467 e. The van der Waals surface area contributed by atoms with Crippen molar-refractivity contribution in [1.29, 1.82) is 0 Å². The van der Waals surface area contributed by atoms with Crippen LogP contribution in [-0.4, -0.2) is 32.2 Å². The third kappa shape index (κ3) is 4.34. The normalized spacial score (nSPS) is 10.9. The Bertz CT molecular complexity index is 812. The molecule has 8 nitrogen and oxygen atoms in total. The van der Waals surface area contributed by atoms with E-state index in [1.807, 2.05) is 12.1 Å². The predicted octanol–water partition coefficient (Wildman–Crippen LogP) is 2.34. The van der Waals surface area contributed by atoms with E-state index < -0.39 is 0 Å². The average Bonchev–Trinajstić information content (AvgIpc) is 3.28. The zero-order valence-corrected chi connectivity index (χ0v) is 14.2. The number of unbranched alkanes of at least 4 members (excludes halogenated alkanes) is 1. The molecule has 3 rings (SSSR count). The van der Waals surface area contributed by atoms with Crippen LogP contribution >= 0.6 is 0 Å². The lowest BCUT2D eigenvalue weighted by atomic mass is 10.2. The van der Waals surface area contributed by atoms with Crippen molar-refractivity contribution in [3.8, 4) is 0 Å². The first kappa shape index (κ1) is 16.9. The molecular formula is C17H22N6O2. The summed E-state index contributed by atoms with van der Waals surface area (Å²) in [5.74, 6) is 1.61. The highest BCUT2D eigenvalue weighted by atomic mass is 16.3. The number of hydrogen-bond donors (Lipinski definition) is 2. The number of nitrogens with one attached hydrogen (secondary N) is 2. The van der Waals surface area contributed by atoms with Crippen LogP contribution in [0.3, 0.4) is 0 Å². The molecule has 0 aliphatic carbocycles. The first-order chi connectivity index (χ1) is 12.3. The largest absolute Gasteiger partial charge is 0.467 e. The summed E-state index contributed by atoms with van der Waals surface area (Å²) in [6, 6.07) is 3.75. The first-order valence-corrected chi connectivity index (χ1v) is 8.47. The van der Waals surface area contributed by atoms with Crippen LogP contribution in [0.15, 0.2) is 35.3 Å². The maximum absolute atomic E-state index is 11.7. The molecule has 0 spiro atoms. The van der Waals surface area contributed by atoms with Crippen molar-refractivity contribution in [3.63, 3.8) is 0 Å². The molecule has 25 heavy (non-hydrogen) atoms. The molecule has 3 aromatic heterocycles. The van der Waals surface area contributed by atoms with E-state index in [1.54, 1.807) is 17.1 Å². The van der Waals surface area contributed by atoms with Gasteiger partial charge in [-0.3, -0.25) is 4.79 Å². The summed E-state index contributed by atoms with van der Waals surface area (Å²) >= 11 is 0. The number of hydrogen-bond acceptors (Lipinski definition) is 6. The number of carbonyl (C=O) groups excluding carboxylic acids is 1. The van der Waals surface area contributed by atoms with Gasteiger partial charge in [0.1, 0.15) is 17.9 Å². The second-order valence-corrected chi connectivity index (χ2v) is 5.71. The van der Waals surface area contributed by atoms with Gasteiger partial charge in [0.25, 0.3) is 0 Å². The summed E-state index contributed by atoms with van der Waals surface area (Å²) in [7, 11) is 0. The smallest absolute Gasteiger partial charge is 0.220 e. The molecule has 1 amide bonds. The van der Waals surface area contributed by atoms with Crippen molar-refractivity contribution in [2.24, 2.45) is 0 Å². The molecule has 8 heteroatoms. The minimum atomic E-state index is 0.0775. The van der Waals surface area contributed by atoms with Crippen LogP contribution in [0, 0.1) is 0 Å². The van der Waals surface area contributed by atoms with Crippen molar-refractivity contribution >= 4 is 22.8 Å². The van der Waals surface area contributed by atoms with Crippen molar-refractivity contribution in [2.75, 3.05) is 11.9 Å². The zero-order valence-electron chi connectivity index (χ0n) is 14.2. The van der Waals surface area contributed by atoms with E-state index in [0.717, 1.165) is 29.6 Å². The standard InChI is InChI=1S/C17H22N6O2/c1-2-3-6-15(24)18-7-8-23-17-14(11-22-23)16(20-12-21-17)19-10-13-5-4-9-25-13/h4-5,9,11-12H,2-3,6-8,10H2,1H3,(H,18,24)(H,19,20,21). The van der Waals surface area contributed by atoms with Crippen molar-refractivity contribution in [2.45, 2.75) is 39.3 Å². The van der Waals surface area contributed by atoms with Gasteiger partial charge in [-0.15, -0.1) is 0 Å². The van der Waals surface area contributed by atoms with Crippen LogP contribution in [0.4, 0.5) is 5.82 Å². The minimum absolute atomic E-state index is 0.0775. The summed E-state index contributed by atoms with van der Waals surface area (Å²) in [6.45, 7) is 3.70. The number of carbonyl (C=O) groups is 1. The average molecular weight is 342 g/mol. The number of anilines is 1. The molecule has 2 N–H and O–H groups in total. The van der Waals surface area contributed by atoms with Gasteiger partial charge in [-0.2, -0.15) is 5.10 Å². The van der Waals surface area contributed by atoms with Crippen molar-refractivity contribution < 1.29 is 9.21 Å². The van der Waals surface area contributed by atoms with E-state index in [0.29, 0.717) is 31.9 Å². The summed E-state index contributed by atoms with van der Waals surface area (Å²) in [6.07, 6.45) is 7.37. The van der Waals surface area contributed by atoms with E-state index in [-0.39, 0.29) is 5.91 Å². The quantitative estimate of drug-likeness (QED) is 0.619. The molecule has 0 bridgehead atoms. The number of fused-ring (bicyclic) bond motifs is 1. The lowest BCUT2D eigenvalue weighted by molar-refractivity contribution is -0.121. The fourth-order valence-corrected chi connectivity index (χ4v) is 2.51. The number of nitrogens with zero attached hydrogens (tertiary/aromatic N) is 4. The van der Waals surface area contributed by atoms with Gasteiger partial charge in [-0.05, 0) is 18.6 Å². The number of aromatic nitrogens is 4. The molecule has 0 atom stereocenters. The van der Waals surface area contributed by atoms with Gasteiger partial charge >= 0.3 is 0 Å². The van der Waals surface area contributed by atoms with E-state index in [2.05, 4.69) is 32.6 Å². The van der Waals surface area contributed by atoms with Crippen LogP contribution in [0.5, 0.6) is 0 Å². The van der Waals surface area contributed by atoms with Crippen LogP contribution < -0.4 is 10.6 Å². The Kier molecular flexibility index (Phi) is 5.61. The fraction of sp³-hybridized carbons (Fsp3) is 0.412. The molecule has 0 saturated carbocycles. The third-order valence-electron chi connectivity index (χ3n) is 3.85. The Morgan fingerprint density at radius 3 is 3.08 bits per heavy atom. The van der Waals surface area contributed by atoms with Crippen LogP contribution in [0.1, 0.15) is 31.9 Å². The topological polar surface area (TPSA) is 97.9 Å². The Balaban J connectivity index is 1.61. The first-order valence-electron chi connectivity index (χ1n) is 8.47. The van der Waals surface area contributed by atoms with Crippen LogP contribution in [0.2, 0.25) is 0 Å². The highest BCUT2D eigenvalue weighted by Gasteiger charge is 2.10. The monoisotopic (exact) mass is 342 g/mol. The Labute approximate surface area is 145 Å². The van der Waals surface area contributed by atoms with Gasteiger partial charge in [0.05, 0.1) is 30.9 Å². The summed E-state index contributed by atoms with van der Waals surface area (Å²) in [5, 5.41) is 11.3. The molecule has 0 unspecified atom stereocenters. The van der Waals surface area contributed by atoms with Gasteiger partial charge < -0.3 is 15.1 Å². The van der Waals surface area contributed by atoms with Gasteiger partial charge in [0, 0.05) is 13.0 Å². The SMILES string of the molecule is CCCCC(=O)NCCn1ncc2c(NCc3ccco3)ncnc21. The van der Waals surface area contributed by atoms with Crippen molar-refractivity contribution in [3.05, 3.63) is 36.7 Å². The molecule has 0 aliphatic heterocycles. The van der Waals surface area contributed by atoms with E-state index >= 15 is 0 Å². The lowest BCUT2D eigenvalue weighted by Gasteiger charge is -2.07. The molecule has 0 aromatic carbocycles. The number of furan rings is 1. The third-order valence-corrected chi connectivity index (χ3v) is 3.85. The summed E-state index contributed by atoms with van der Waals surface area (Å²) in [5.41, 5.74) is 0.736. The van der Waals surface area contributed by atoms with Crippen LogP contribution in [0.25, 0.3) is 11.0 Å². The molecule has 0 radical (unpaired) electrons. The molecule has 0 fully saturated rings. The molecule has 0 saturated heterocycles. The fourth-order valence-electron chi connectivity index (χ4n) is 2.51. The van der Waals surface area contributed by atoms with E-state index in [9.17, 15) is 4.79 Å². The highest BCUT2D eigenvalue weighted by molar-refractivity contribution is 5.86. The summed E-state index contributed by atoms with van der Waals surface area (Å²) < 4.78 is 7.08. The Morgan fingerprint density at radius 2 is 2.28 bits per heavy atom. The van der Waals surface area contributed by atoms with E-state index in [4.69, 9.17) is 4.42 Å². The molecular weight excluding hydrogens is 320 g/mol. The Hall–Kier alpha value is -2.90. The molecule has 132 valence electrons. The van der Waals surface area contributed by atoms with Gasteiger partial charge in [-0.25, -0.2) is 14.6 Å². The zero-order chi connectivity index (χ0) is 17.5. The summed E-state index contributed by atoms with van der Waals surface area (Å²) in [4.78, 5) is 20.2. The lowest BCUT2D eigenvalue weighted by Crippen LogP contribution is -2.27. The molecule has 3 heterocycles. The molecule has 3 aromatic rings. The number of amides is 1. The highest BCUT2D eigenvalue weighted by Crippen LogP contribution is 2.19. The number of rotatable bonds is 9. The van der Waals surface area contributed by atoms with E-state index in [1.165, 1.54) is 6.33 Å². The van der Waals surface area contributed by atoms with Gasteiger partial charge in [0.2, 0.25) is 5.91 Å². The molecule has 0 aliphatic rings.